The summed E-state index contributed by atoms with van der Waals surface area (Å²) < 4.78 is 30.1. The highest BCUT2D eigenvalue weighted by atomic mass is 79.9. The van der Waals surface area contributed by atoms with Gasteiger partial charge in [-0.15, -0.1) is 0 Å². The first-order valence-corrected chi connectivity index (χ1v) is 18.2. The number of imidazole rings is 1. The Balaban J connectivity index is 0.00000230. The van der Waals surface area contributed by atoms with Crippen LogP contribution >= 0.6 is 15.9 Å². The van der Waals surface area contributed by atoms with E-state index in [2.05, 4.69) is 44.4 Å². The normalized spacial score (nSPS) is 20.7. The number of benzene rings is 1. The summed E-state index contributed by atoms with van der Waals surface area (Å²) in [7, 11) is 5.84. The van der Waals surface area contributed by atoms with Gasteiger partial charge in [0, 0.05) is 57.0 Å². The van der Waals surface area contributed by atoms with Gasteiger partial charge in [0.25, 0.3) is 0 Å². The van der Waals surface area contributed by atoms with E-state index in [9.17, 15) is 9.59 Å². The lowest BCUT2D eigenvalue weighted by Crippen LogP contribution is -2.57. The van der Waals surface area contributed by atoms with Crippen molar-refractivity contribution in [2.24, 2.45) is 5.92 Å². The zero-order valence-electron chi connectivity index (χ0n) is 31.1. The predicted octanol–water partition coefficient (Wildman–Crippen LogP) is 7.16. The number of likely N-dealkylation sites (N-methyl/N-ethyl adjacent to an activating group) is 2. The third-order valence-electron chi connectivity index (χ3n) is 9.48. The van der Waals surface area contributed by atoms with E-state index in [4.69, 9.17) is 19.4 Å². The maximum atomic E-state index is 16.1. The summed E-state index contributed by atoms with van der Waals surface area (Å²) in [6.45, 7) is 19.5. The van der Waals surface area contributed by atoms with Gasteiger partial charge < -0.3 is 33.6 Å². The molecule has 3 aliphatic heterocycles. The Morgan fingerprint density at radius 3 is 2.22 bits per heavy atom. The van der Waals surface area contributed by atoms with Crippen molar-refractivity contribution < 1.29 is 23.5 Å². The zero-order valence-corrected chi connectivity index (χ0v) is 32.7. The number of carbonyl (C=O) groups excluding carboxylic acids is 2. The van der Waals surface area contributed by atoms with Crippen LogP contribution in [0.2, 0.25) is 0 Å². The third-order valence-corrected chi connectivity index (χ3v) is 10.5. The van der Waals surface area contributed by atoms with Crippen molar-refractivity contribution >= 4 is 55.9 Å². The van der Waals surface area contributed by atoms with Crippen LogP contribution in [0.5, 0.6) is 0 Å². The van der Waals surface area contributed by atoms with Gasteiger partial charge >= 0.3 is 12.2 Å². The molecule has 7 rings (SSSR count). The number of aryl methyl sites for hydroxylation is 1. The third kappa shape index (κ3) is 7.07. The summed E-state index contributed by atoms with van der Waals surface area (Å²) in [5.41, 5.74) is 1.33. The van der Waals surface area contributed by atoms with E-state index in [0.717, 1.165) is 36.4 Å². The highest BCUT2D eigenvalue weighted by Crippen LogP contribution is 2.52. The monoisotopic (exact) mass is 745 g/mol. The maximum Gasteiger partial charge on any atom is 0.410 e. The summed E-state index contributed by atoms with van der Waals surface area (Å²) in [4.78, 5) is 44.2. The molecular weight excluding hydrogens is 693 g/mol. The van der Waals surface area contributed by atoms with Crippen LogP contribution in [0.1, 0.15) is 79.2 Å². The molecule has 3 saturated heterocycles. The quantitative estimate of drug-likeness (QED) is 0.262. The molecular formula is C36H53BrFN7O4. The van der Waals surface area contributed by atoms with Crippen LogP contribution in [0.4, 0.5) is 19.8 Å². The van der Waals surface area contributed by atoms with E-state index >= 15 is 4.39 Å². The minimum atomic E-state index is -0.619. The number of fused-ring (bicyclic) bond motifs is 4. The number of aromatic nitrogens is 3. The molecule has 3 unspecified atom stereocenters. The molecule has 13 heteroatoms. The van der Waals surface area contributed by atoms with Crippen molar-refractivity contribution in [1.82, 2.24) is 29.2 Å². The maximum absolute atomic E-state index is 16.1. The average molecular weight is 747 g/mol. The molecule has 4 aliphatic rings. The lowest BCUT2D eigenvalue weighted by Gasteiger charge is -2.43. The number of carbonyl (C=O) groups is 2. The molecule has 2 amide bonds. The minimum absolute atomic E-state index is 0.0780. The van der Waals surface area contributed by atoms with Gasteiger partial charge in [-0.05, 0) is 96.5 Å². The molecule has 0 N–H and O–H groups in total. The first-order valence-electron chi connectivity index (χ1n) is 17.4. The van der Waals surface area contributed by atoms with E-state index in [0.29, 0.717) is 46.7 Å². The topological polar surface area (TPSA) is 96.3 Å². The Bertz CT molecular complexity index is 1740. The summed E-state index contributed by atoms with van der Waals surface area (Å²) in [6.07, 6.45) is 0.556. The second-order valence-corrected chi connectivity index (χ2v) is 16.4. The predicted molar refractivity (Wildman–Crippen MR) is 195 cm³/mol. The number of hydrogen-bond acceptors (Lipinski definition) is 8. The van der Waals surface area contributed by atoms with Gasteiger partial charge in [-0.1, -0.05) is 13.8 Å². The van der Waals surface area contributed by atoms with Crippen LogP contribution in [-0.2, 0) is 15.9 Å². The molecule has 3 atom stereocenters. The molecule has 4 fully saturated rings. The van der Waals surface area contributed by atoms with E-state index in [-0.39, 0.29) is 29.6 Å². The van der Waals surface area contributed by atoms with Crippen LogP contribution < -0.4 is 4.90 Å². The number of amides is 2. The van der Waals surface area contributed by atoms with Crippen molar-refractivity contribution in [1.29, 1.82) is 0 Å². The van der Waals surface area contributed by atoms with Gasteiger partial charge in [0.05, 0.1) is 22.1 Å². The highest BCUT2D eigenvalue weighted by molar-refractivity contribution is 9.10. The summed E-state index contributed by atoms with van der Waals surface area (Å²) in [6, 6.07) is 2.16. The molecule has 0 spiro atoms. The van der Waals surface area contributed by atoms with E-state index in [1.165, 1.54) is 0 Å². The van der Waals surface area contributed by atoms with Crippen molar-refractivity contribution in [2.75, 3.05) is 52.2 Å². The van der Waals surface area contributed by atoms with Gasteiger partial charge in [0.15, 0.2) is 11.6 Å². The second kappa shape index (κ2) is 13.5. The molecule has 1 saturated carbocycles. The molecule has 2 aromatic heterocycles. The summed E-state index contributed by atoms with van der Waals surface area (Å²) in [5.74, 6) is 1.19. The van der Waals surface area contributed by atoms with Crippen molar-refractivity contribution in [3.8, 4) is 0 Å². The van der Waals surface area contributed by atoms with Crippen LogP contribution in [0.25, 0.3) is 21.9 Å². The fourth-order valence-corrected chi connectivity index (χ4v) is 7.26. The molecule has 5 heterocycles. The number of ether oxygens (including phenoxy) is 2. The molecule has 3 aromatic rings. The van der Waals surface area contributed by atoms with Gasteiger partial charge in [0.2, 0.25) is 0 Å². The van der Waals surface area contributed by atoms with Gasteiger partial charge in [-0.25, -0.2) is 23.9 Å². The number of halogens is 2. The van der Waals surface area contributed by atoms with Crippen LogP contribution in [0.3, 0.4) is 0 Å². The molecule has 49 heavy (non-hydrogen) atoms. The van der Waals surface area contributed by atoms with Gasteiger partial charge in [-0.3, -0.25) is 0 Å². The van der Waals surface area contributed by atoms with Crippen molar-refractivity contribution in [2.45, 2.75) is 104 Å². The first-order chi connectivity index (χ1) is 22.8. The van der Waals surface area contributed by atoms with Crippen molar-refractivity contribution in [3.63, 3.8) is 0 Å². The largest absolute Gasteiger partial charge is 0.444 e. The van der Waals surface area contributed by atoms with E-state index in [1.807, 2.05) is 73.3 Å². The first kappa shape index (κ1) is 37.1. The Labute approximate surface area is 298 Å². The molecule has 1 aliphatic carbocycles. The smallest absolute Gasteiger partial charge is 0.410 e. The number of anilines is 1. The Morgan fingerprint density at radius 1 is 1.00 bits per heavy atom. The fraction of sp³-hybridized carbons (Fsp3) is 0.667. The van der Waals surface area contributed by atoms with E-state index in [1.54, 1.807) is 11.9 Å². The highest BCUT2D eigenvalue weighted by Gasteiger charge is 2.56. The molecule has 0 radical (unpaired) electrons. The second-order valence-electron chi connectivity index (χ2n) is 15.6. The van der Waals surface area contributed by atoms with Crippen LogP contribution in [0.15, 0.2) is 10.5 Å². The number of pyridine rings is 1. The standard InChI is InChI=1S/C34H47BrFN7O4.C2H6/c1-18-13-21-26(25(36)24(18)35)38-30(41-16-20(17-41)39(8)9)27-29(21)43(23(37-27)11-12-40(10)31(44)46-33(2,3)4)28-19-14-22(28)42(15-19)32(45)47-34(5,6)7;1-2/h13,19-20,22,28H,11-12,14-17H2,1-10H3;1-2H3. The molecule has 2 bridgehead atoms. The lowest BCUT2D eigenvalue weighted by molar-refractivity contribution is 0.0206. The number of hydrogen-bond donors (Lipinski definition) is 0. The Morgan fingerprint density at radius 2 is 1.63 bits per heavy atom. The van der Waals surface area contributed by atoms with Gasteiger partial charge in [0.1, 0.15) is 28.1 Å². The molecule has 11 nitrogen and oxygen atoms in total. The average Bonchev–Trinajstić information content (AvgIpc) is 3.67. The van der Waals surface area contributed by atoms with Crippen LogP contribution in [-0.4, -0.2) is 112 Å². The lowest BCUT2D eigenvalue weighted by atomic mass is 9.79. The molecule has 1 aromatic carbocycles. The number of rotatable bonds is 6. The van der Waals surface area contributed by atoms with Gasteiger partial charge in [-0.2, -0.15) is 0 Å². The molecule has 270 valence electrons. The summed E-state index contributed by atoms with van der Waals surface area (Å²) >= 11 is 3.45. The van der Waals surface area contributed by atoms with Crippen LogP contribution in [0, 0.1) is 18.7 Å². The van der Waals surface area contributed by atoms with E-state index < -0.39 is 23.1 Å². The fourth-order valence-electron chi connectivity index (χ4n) is 6.96. The van der Waals surface area contributed by atoms with Crippen molar-refractivity contribution in [3.05, 3.63) is 27.7 Å². The zero-order chi connectivity index (χ0) is 36.3. The summed E-state index contributed by atoms with van der Waals surface area (Å²) in [5, 5.41) is 0.681. The SMILES string of the molecule is CC.Cc1cc2c(nc(N3CC(N(C)C)C3)c3nc(CCN(C)C(=O)OC(C)(C)C)n(C4C5CC4N(C(=O)OC(C)(C)C)C5)c32)c(F)c1Br. The number of nitrogens with zero attached hydrogens (tertiary/aromatic N) is 7. The Kier molecular flexibility index (Phi) is 10.2. The minimum Gasteiger partial charge on any atom is -0.444 e. The Hall–Kier alpha value is -3.19.